The van der Waals surface area contributed by atoms with E-state index in [4.69, 9.17) is 16.6 Å². The smallest absolute Gasteiger partial charge is 0.266 e. The van der Waals surface area contributed by atoms with E-state index in [-0.39, 0.29) is 24.8 Å². The van der Waals surface area contributed by atoms with E-state index < -0.39 is 0 Å². The van der Waals surface area contributed by atoms with Crippen molar-refractivity contribution in [2.24, 2.45) is 0 Å². The third-order valence-electron chi connectivity index (χ3n) is 4.41. The second-order valence-electron chi connectivity index (χ2n) is 6.74. The van der Waals surface area contributed by atoms with Crippen molar-refractivity contribution < 1.29 is 14.0 Å². The van der Waals surface area contributed by atoms with Crippen LogP contribution in [0.5, 0.6) is 0 Å². The Labute approximate surface area is 192 Å². The van der Waals surface area contributed by atoms with Crippen LogP contribution in [0.1, 0.15) is 28.6 Å². The maximum absolute atomic E-state index is 12.6. The van der Waals surface area contributed by atoms with Crippen molar-refractivity contribution in [1.29, 1.82) is 0 Å². The van der Waals surface area contributed by atoms with Gasteiger partial charge in [0.2, 0.25) is 17.7 Å². The van der Waals surface area contributed by atoms with Crippen LogP contribution in [0.15, 0.2) is 51.1 Å². The zero-order valence-corrected chi connectivity index (χ0v) is 19.0. The largest absolute Gasteiger partial charge is 0.425 e. The molecule has 0 radical (unpaired) electrons. The number of aromatic nitrogens is 2. The first-order valence-corrected chi connectivity index (χ1v) is 11.5. The number of benzene rings is 1. The Morgan fingerprint density at radius 1 is 1.26 bits per heavy atom. The van der Waals surface area contributed by atoms with Crippen molar-refractivity contribution in [1.82, 2.24) is 15.1 Å². The fourth-order valence-electron chi connectivity index (χ4n) is 2.92. The van der Waals surface area contributed by atoms with Crippen molar-refractivity contribution in [2.45, 2.75) is 19.8 Å². The normalized spacial score (nSPS) is 15.1. The minimum atomic E-state index is -0.184. The summed E-state index contributed by atoms with van der Waals surface area (Å²) in [6.45, 7) is 1.99. The SMILES string of the molecule is Cc1nnc(Cc2ccc(NC(=O)CCN3C(=O)/C(=C/c4cccs4)SC3=S)cc2)o1. The van der Waals surface area contributed by atoms with Gasteiger partial charge in [-0.15, -0.1) is 21.5 Å². The average molecular weight is 471 g/mol. The van der Waals surface area contributed by atoms with Gasteiger partial charge in [-0.25, -0.2) is 0 Å². The second kappa shape index (κ2) is 9.54. The molecule has 1 aliphatic heterocycles. The zero-order valence-electron chi connectivity index (χ0n) is 16.5. The molecule has 4 rings (SSSR count). The number of nitrogens with one attached hydrogen (secondary N) is 1. The number of thioether (sulfide) groups is 1. The van der Waals surface area contributed by atoms with Gasteiger partial charge in [0.25, 0.3) is 5.91 Å². The van der Waals surface area contributed by atoms with Gasteiger partial charge in [0, 0.05) is 30.5 Å². The molecule has 0 unspecified atom stereocenters. The zero-order chi connectivity index (χ0) is 21.8. The second-order valence-corrected chi connectivity index (χ2v) is 9.39. The van der Waals surface area contributed by atoms with Crippen molar-refractivity contribution >= 4 is 63.2 Å². The summed E-state index contributed by atoms with van der Waals surface area (Å²) in [7, 11) is 0. The number of carbonyl (C=O) groups excluding carboxylic acids is 2. The molecule has 1 fully saturated rings. The van der Waals surface area contributed by atoms with E-state index in [9.17, 15) is 9.59 Å². The summed E-state index contributed by atoms with van der Waals surface area (Å²) in [4.78, 5) is 28.0. The third-order valence-corrected chi connectivity index (χ3v) is 6.61. The molecule has 158 valence electrons. The van der Waals surface area contributed by atoms with Crippen LogP contribution >= 0.6 is 35.3 Å². The van der Waals surface area contributed by atoms with Gasteiger partial charge in [-0.2, -0.15) is 0 Å². The standard InChI is InChI=1S/C21H18N4O3S3/c1-13-23-24-19(28-13)11-14-4-6-15(7-5-14)22-18(26)8-9-25-20(27)17(31-21(25)29)12-16-3-2-10-30-16/h2-7,10,12H,8-9,11H2,1H3,(H,22,26)/b17-12-. The Morgan fingerprint density at radius 3 is 2.74 bits per heavy atom. The summed E-state index contributed by atoms with van der Waals surface area (Å²) in [5, 5.41) is 12.6. The summed E-state index contributed by atoms with van der Waals surface area (Å²) in [6.07, 6.45) is 2.52. The quantitative estimate of drug-likeness (QED) is 0.408. The highest BCUT2D eigenvalue weighted by Gasteiger charge is 2.32. The molecule has 1 aliphatic rings. The van der Waals surface area contributed by atoms with Crippen LogP contribution in [-0.2, 0) is 16.0 Å². The molecule has 3 aromatic rings. The Hall–Kier alpha value is -2.82. The third kappa shape index (κ3) is 5.46. The molecule has 2 amide bonds. The highest BCUT2D eigenvalue weighted by atomic mass is 32.2. The van der Waals surface area contributed by atoms with Gasteiger partial charge in [0.05, 0.1) is 11.3 Å². The van der Waals surface area contributed by atoms with Crippen LogP contribution in [0.3, 0.4) is 0 Å². The Bertz CT molecular complexity index is 1140. The van der Waals surface area contributed by atoms with E-state index in [2.05, 4.69) is 15.5 Å². The highest BCUT2D eigenvalue weighted by Crippen LogP contribution is 2.33. The number of hydrogen-bond donors (Lipinski definition) is 1. The molecule has 1 saturated heterocycles. The highest BCUT2D eigenvalue weighted by molar-refractivity contribution is 8.26. The molecule has 1 aromatic carbocycles. The topological polar surface area (TPSA) is 88.3 Å². The Morgan fingerprint density at radius 2 is 2.06 bits per heavy atom. The fraction of sp³-hybridized carbons (Fsp3) is 0.190. The predicted octanol–water partition coefficient (Wildman–Crippen LogP) is 4.26. The summed E-state index contributed by atoms with van der Waals surface area (Å²) >= 11 is 8.15. The monoisotopic (exact) mass is 470 g/mol. The minimum absolute atomic E-state index is 0.154. The number of hydrogen-bond acceptors (Lipinski definition) is 8. The van der Waals surface area contributed by atoms with Crippen LogP contribution in [0.2, 0.25) is 0 Å². The van der Waals surface area contributed by atoms with Crippen LogP contribution in [0, 0.1) is 6.92 Å². The summed E-state index contributed by atoms with van der Waals surface area (Å²) in [5.74, 6) is 0.738. The number of thiophene rings is 1. The maximum atomic E-state index is 12.6. The summed E-state index contributed by atoms with van der Waals surface area (Å²) < 4.78 is 5.85. The number of nitrogens with zero attached hydrogens (tertiary/aromatic N) is 3. The van der Waals surface area contributed by atoms with Crippen LogP contribution < -0.4 is 5.32 Å². The van der Waals surface area contributed by atoms with Gasteiger partial charge in [-0.05, 0) is 35.2 Å². The fourth-order valence-corrected chi connectivity index (χ4v) is 4.95. The molecule has 31 heavy (non-hydrogen) atoms. The molecule has 2 aromatic heterocycles. The molecule has 0 bridgehead atoms. The molecule has 0 saturated carbocycles. The number of rotatable bonds is 7. The number of amides is 2. The number of thiocarbonyl (C=S) groups is 1. The Kier molecular flexibility index (Phi) is 6.59. The van der Waals surface area contributed by atoms with Gasteiger partial charge >= 0.3 is 0 Å². The molecule has 3 heterocycles. The lowest BCUT2D eigenvalue weighted by molar-refractivity contribution is -0.122. The first-order valence-electron chi connectivity index (χ1n) is 9.44. The lowest BCUT2D eigenvalue weighted by Gasteiger charge is -2.14. The number of carbonyl (C=O) groups is 2. The molecule has 0 aliphatic carbocycles. The molecule has 7 nitrogen and oxygen atoms in total. The molecule has 1 N–H and O–H groups in total. The molecule has 0 atom stereocenters. The number of anilines is 1. The van der Waals surface area contributed by atoms with E-state index >= 15 is 0 Å². The number of aryl methyl sites for hydroxylation is 1. The van der Waals surface area contributed by atoms with Gasteiger partial charge in [-0.1, -0.05) is 42.2 Å². The van der Waals surface area contributed by atoms with Crippen molar-refractivity contribution in [3.8, 4) is 0 Å². The van der Waals surface area contributed by atoms with Crippen molar-refractivity contribution in [3.63, 3.8) is 0 Å². The maximum Gasteiger partial charge on any atom is 0.266 e. The predicted molar refractivity (Wildman–Crippen MR) is 126 cm³/mol. The molecular weight excluding hydrogens is 452 g/mol. The molecule has 0 spiro atoms. The van der Waals surface area contributed by atoms with E-state index in [1.165, 1.54) is 16.7 Å². The van der Waals surface area contributed by atoms with Crippen LogP contribution in [0.4, 0.5) is 5.69 Å². The van der Waals surface area contributed by atoms with E-state index in [1.807, 2.05) is 47.9 Å². The average Bonchev–Trinajstić information content (AvgIpc) is 3.45. The van der Waals surface area contributed by atoms with Crippen molar-refractivity contribution in [3.05, 3.63) is 68.9 Å². The van der Waals surface area contributed by atoms with Crippen LogP contribution in [-0.4, -0.2) is 37.8 Å². The summed E-state index contributed by atoms with van der Waals surface area (Å²) in [5.41, 5.74) is 1.68. The van der Waals surface area contributed by atoms with Gasteiger partial charge in [0.1, 0.15) is 4.32 Å². The van der Waals surface area contributed by atoms with Crippen LogP contribution in [0.25, 0.3) is 6.08 Å². The van der Waals surface area contributed by atoms with E-state index in [0.29, 0.717) is 33.1 Å². The van der Waals surface area contributed by atoms with Crippen molar-refractivity contribution in [2.75, 3.05) is 11.9 Å². The molecular formula is C21H18N4O3S3. The van der Waals surface area contributed by atoms with E-state index in [1.54, 1.807) is 18.3 Å². The van der Waals surface area contributed by atoms with Gasteiger partial charge in [-0.3, -0.25) is 14.5 Å². The van der Waals surface area contributed by atoms with Gasteiger partial charge < -0.3 is 9.73 Å². The van der Waals surface area contributed by atoms with E-state index in [0.717, 1.165) is 10.4 Å². The lowest BCUT2D eigenvalue weighted by atomic mass is 10.1. The van der Waals surface area contributed by atoms with Gasteiger partial charge in [0.15, 0.2) is 0 Å². The summed E-state index contributed by atoms with van der Waals surface area (Å²) in [6, 6.07) is 11.3. The molecule has 10 heteroatoms. The first kappa shape index (κ1) is 21.4. The minimum Gasteiger partial charge on any atom is -0.425 e. The first-order chi connectivity index (χ1) is 15.0. The Balaban J connectivity index is 1.29. The lowest BCUT2D eigenvalue weighted by Crippen LogP contribution is -2.31.